The van der Waals surface area contributed by atoms with Crippen LogP contribution in [0.1, 0.15) is 58.3 Å². The van der Waals surface area contributed by atoms with Crippen molar-refractivity contribution in [2.75, 3.05) is 6.54 Å². The Bertz CT molecular complexity index is 137. The molecule has 0 unspecified atom stereocenters. The van der Waals surface area contributed by atoms with Crippen LogP contribution >= 0.6 is 34.8 Å². The monoisotopic (exact) mass is 287 g/mol. The first-order chi connectivity index (χ1) is 7.68. The minimum Gasteiger partial charge on any atom is -0.330 e. The van der Waals surface area contributed by atoms with E-state index in [4.69, 9.17) is 40.5 Å². The number of unbranched alkanes of at least 4 members (excludes halogenated alkanes) is 7. The van der Waals surface area contributed by atoms with Gasteiger partial charge in [-0.05, 0) is 13.0 Å². The van der Waals surface area contributed by atoms with Crippen LogP contribution in [0.4, 0.5) is 0 Å². The summed E-state index contributed by atoms with van der Waals surface area (Å²) in [7, 11) is 0. The first-order valence-corrected chi connectivity index (χ1v) is 7.19. The fourth-order valence-corrected chi connectivity index (χ4v) is 1.28. The van der Waals surface area contributed by atoms with Crippen LogP contribution in [0.3, 0.4) is 0 Å². The van der Waals surface area contributed by atoms with E-state index in [1.54, 1.807) is 0 Å². The van der Waals surface area contributed by atoms with Gasteiger partial charge in [-0.3, -0.25) is 0 Å². The number of rotatable bonds is 8. The zero-order chi connectivity index (χ0) is 12.6. The van der Waals surface area contributed by atoms with Crippen molar-refractivity contribution in [2.45, 2.75) is 58.3 Å². The molecular weight excluding hydrogens is 264 g/mol. The van der Waals surface area contributed by atoms with Crippen molar-refractivity contribution in [1.29, 1.82) is 0 Å². The predicted octanol–water partition coefficient (Wildman–Crippen LogP) is 5.59. The molecule has 0 aliphatic carbocycles. The molecule has 0 saturated heterocycles. The Kier molecular flexibility index (Phi) is 21.2. The van der Waals surface area contributed by atoms with Crippen molar-refractivity contribution in [3.8, 4) is 0 Å². The third-order valence-corrected chi connectivity index (χ3v) is 2.80. The Hall–Kier alpha value is 0.570. The first kappa shape index (κ1) is 18.9. The number of nitrogens with two attached hydrogens (primary N) is 1. The van der Waals surface area contributed by atoms with Crippen LogP contribution in [0.15, 0.2) is 10.0 Å². The van der Waals surface area contributed by atoms with Crippen LogP contribution in [0.25, 0.3) is 0 Å². The minimum absolute atomic E-state index is 0.0895. The predicted molar refractivity (Wildman–Crippen MR) is 77.3 cm³/mol. The highest BCUT2D eigenvalue weighted by atomic mass is 35.5. The zero-order valence-corrected chi connectivity index (χ0v) is 12.4. The Morgan fingerprint density at radius 3 is 1.62 bits per heavy atom. The van der Waals surface area contributed by atoms with Gasteiger partial charge in [0.15, 0.2) is 0 Å². The van der Waals surface area contributed by atoms with Gasteiger partial charge in [0.25, 0.3) is 0 Å². The molecule has 16 heavy (non-hydrogen) atoms. The lowest BCUT2D eigenvalue weighted by molar-refractivity contribution is 0.578. The summed E-state index contributed by atoms with van der Waals surface area (Å²) in [6.45, 7) is 3.13. The lowest BCUT2D eigenvalue weighted by Gasteiger charge is -1.99. The van der Waals surface area contributed by atoms with Crippen molar-refractivity contribution in [1.82, 2.24) is 0 Å². The highest BCUT2D eigenvalue weighted by Gasteiger charge is 1.89. The highest BCUT2D eigenvalue weighted by molar-refractivity contribution is 6.58. The first-order valence-electron chi connectivity index (χ1n) is 6.00. The van der Waals surface area contributed by atoms with Crippen LogP contribution in [0.2, 0.25) is 0 Å². The van der Waals surface area contributed by atoms with Gasteiger partial charge in [0, 0.05) is 5.54 Å². The average Bonchev–Trinajstić information content (AvgIpc) is 2.29. The summed E-state index contributed by atoms with van der Waals surface area (Å²) in [5, 5.41) is 0. The molecule has 0 aromatic carbocycles. The minimum atomic E-state index is 0.0895. The molecule has 2 N–H and O–H groups in total. The van der Waals surface area contributed by atoms with Gasteiger partial charge in [-0.25, -0.2) is 0 Å². The van der Waals surface area contributed by atoms with Crippen LogP contribution in [0.5, 0.6) is 0 Å². The third-order valence-electron chi connectivity index (χ3n) is 2.14. The summed E-state index contributed by atoms with van der Waals surface area (Å²) in [5.74, 6) is 0. The standard InChI is InChI=1S/C10H23N.C2HCl3/c1-2-3-4-5-6-7-8-9-10-11;3-1-2(4)5/h2-11H2,1H3;1H. The smallest absolute Gasteiger partial charge is 0.118 e. The molecule has 0 spiro atoms. The number of hydrogen-bond donors (Lipinski definition) is 1. The summed E-state index contributed by atoms with van der Waals surface area (Å²) in [6, 6.07) is 0. The van der Waals surface area contributed by atoms with E-state index < -0.39 is 0 Å². The Morgan fingerprint density at radius 2 is 1.31 bits per heavy atom. The average molecular weight is 289 g/mol. The van der Waals surface area contributed by atoms with E-state index in [2.05, 4.69) is 6.92 Å². The van der Waals surface area contributed by atoms with Crippen LogP contribution in [-0.4, -0.2) is 6.54 Å². The summed E-state index contributed by atoms with van der Waals surface area (Å²) < 4.78 is 0.0895. The summed E-state index contributed by atoms with van der Waals surface area (Å²) in [6.07, 6.45) is 11.0. The normalized spacial score (nSPS) is 9.31. The van der Waals surface area contributed by atoms with Gasteiger partial charge in [0.2, 0.25) is 0 Å². The van der Waals surface area contributed by atoms with E-state index in [1.165, 1.54) is 51.4 Å². The van der Waals surface area contributed by atoms with Gasteiger partial charge in [0.1, 0.15) is 4.49 Å². The van der Waals surface area contributed by atoms with Gasteiger partial charge >= 0.3 is 0 Å². The largest absolute Gasteiger partial charge is 0.330 e. The Morgan fingerprint density at radius 1 is 0.938 bits per heavy atom. The zero-order valence-electron chi connectivity index (χ0n) is 10.2. The fourth-order valence-electron chi connectivity index (χ4n) is 1.28. The molecular formula is C12H24Cl3N. The molecule has 0 atom stereocenters. The lowest BCUT2D eigenvalue weighted by Crippen LogP contribution is -1.97. The molecule has 4 heteroatoms. The summed E-state index contributed by atoms with van der Waals surface area (Å²) in [5.41, 5.74) is 6.48. The maximum Gasteiger partial charge on any atom is 0.118 e. The Labute approximate surface area is 115 Å². The molecule has 0 aliphatic rings. The summed E-state index contributed by atoms with van der Waals surface area (Å²) >= 11 is 14.8. The van der Waals surface area contributed by atoms with E-state index in [9.17, 15) is 0 Å². The molecule has 0 fully saturated rings. The second-order valence-electron chi connectivity index (χ2n) is 3.66. The molecule has 0 aliphatic heterocycles. The molecule has 0 aromatic heterocycles. The molecule has 0 radical (unpaired) electrons. The molecule has 0 bridgehead atoms. The number of halogens is 3. The van der Waals surface area contributed by atoms with Gasteiger partial charge < -0.3 is 5.73 Å². The SMILES string of the molecule is CCCCCCCCCCN.ClC=C(Cl)Cl. The third kappa shape index (κ3) is 24.0. The molecule has 0 aromatic rings. The van der Waals surface area contributed by atoms with Gasteiger partial charge in [0.05, 0.1) is 0 Å². The van der Waals surface area contributed by atoms with E-state index in [0.717, 1.165) is 12.1 Å². The van der Waals surface area contributed by atoms with Crippen molar-refractivity contribution in [2.24, 2.45) is 5.73 Å². The topological polar surface area (TPSA) is 26.0 Å². The molecule has 0 amide bonds. The van der Waals surface area contributed by atoms with E-state index in [-0.39, 0.29) is 4.49 Å². The van der Waals surface area contributed by atoms with Crippen LogP contribution < -0.4 is 5.73 Å². The second-order valence-corrected chi connectivity index (χ2v) is 4.89. The molecule has 0 rings (SSSR count). The summed E-state index contributed by atoms with van der Waals surface area (Å²) in [4.78, 5) is 0. The maximum absolute atomic E-state index is 5.39. The maximum atomic E-state index is 5.39. The number of hydrogen-bond acceptors (Lipinski definition) is 1. The Balaban J connectivity index is 0. The quantitative estimate of drug-likeness (QED) is 0.579. The van der Waals surface area contributed by atoms with Crippen molar-refractivity contribution >= 4 is 34.8 Å². The van der Waals surface area contributed by atoms with E-state index >= 15 is 0 Å². The molecule has 98 valence electrons. The molecule has 0 saturated carbocycles. The fraction of sp³-hybridized carbons (Fsp3) is 0.833. The van der Waals surface area contributed by atoms with E-state index in [1.807, 2.05) is 0 Å². The van der Waals surface area contributed by atoms with Crippen LogP contribution in [0, 0.1) is 0 Å². The van der Waals surface area contributed by atoms with Crippen molar-refractivity contribution in [3.05, 3.63) is 10.0 Å². The van der Waals surface area contributed by atoms with Gasteiger partial charge in [-0.2, -0.15) is 0 Å². The van der Waals surface area contributed by atoms with E-state index in [0.29, 0.717) is 0 Å². The van der Waals surface area contributed by atoms with Crippen molar-refractivity contribution < 1.29 is 0 Å². The molecule has 1 nitrogen and oxygen atoms in total. The second kappa shape index (κ2) is 17.9. The van der Waals surface area contributed by atoms with Crippen LogP contribution in [-0.2, 0) is 0 Å². The van der Waals surface area contributed by atoms with Gasteiger partial charge in [-0.1, -0.05) is 86.7 Å². The van der Waals surface area contributed by atoms with Gasteiger partial charge in [-0.15, -0.1) is 0 Å². The van der Waals surface area contributed by atoms with Crippen molar-refractivity contribution in [3.63, 3.8) is 0 Å². The molecule has 0 heterocycles. The lowest BCUT2D eigenvalue weighted by atomic mass is 10.1. The highest BCUT2D eigenvalue weighted by Crippen LogP contribution is 2.07.